The van der Waals surface area contributed by atoms with Gasteiger partial charge in [0.15, 0.2) is 0 Å². The van der Waals surface area contributed by atoms with E-state index in [0.717, 1.165) is 13.1 Å². The number of rotatable bonds is 1. The fourth-order valence-corrected chi connectivity index (χ4v) is 1.41. The Kier molecular flexibility index (Phi) is 21.2. The van der Waals surface area contributed by atoms with E-state index in [1.807, 2.05) is 13.8 Å². The summed E-state index contributed by atoms with van der Waals surface area (Å²) in [6, 6.07) is 0. The van der Waals surface area contributed by atoms with E-state index in [-0.39, 0.29) is 53.8 Å². The summed E-state index contributed by atoms with van der Waals surface area (Å²) in [4.78, 5) is 2.23. The Balaban J connectivity index is -0.000000284. The standard InChI is InChI=1S/C9H13N.C2H6.W.Y/c1-3-6-10-7-4-5-9(2)8-10;1-2;;/h9H,2,4-8H2;1-2H3;;/q-2;;;. The van der Waals surface area contributed by atoms with Crippen LogP contribution in [-0.4, -0.2) is 24.5 Å². The van der Waals surface area contributed by atoms with Gasteiger partial charge in [-0.25, -0.2) is 0 Å². The number of likely N-dealkylation sites (tertiary alicyclic amines) is 1. The largest absolute Gasteiger partial charge is 0.692 e. The third-order valence-corrected chi connectivity index (χ3v) is 1.91. The summed E-state index contributed by atoms with van der Waals surface area (Å²) in [5.74, 6) is 2.98. The molecule has 1 rings (SSSR count). The van der Waals surface area contributed by atoms with Crippen LogP contribution in [0.3, 0.4) is 0 Å². The summed E-state index contributed by atoms with van der Waals surface area (Å²) < 4.78 is 0. The van der Waals surface area contributed by atoms with E-state index < -0.39 is 0 Å². The first-order valence-corrected chi connectivity index (χ1v) is 4.78. The SMILES string of the molecule is CC.[C-]#CCN1CCCC([CH2-])C1.[W].[Y]. The van der Waals surface area contributed by atoms with Crippen molar-refractivity contribution >= 4 is 0 Å². The minimum Gasteiger partial charge on any atom is -0.692 e. The molecule has 0 aromatic rings. The van der Waals surface area contributed by atoms with Crippen molar-refractivity contribution in [3.05, 3.63) is 13.3 Å². The summed E-state index contributed by atoms with van der Waals surface area (Å²) in [6.45, 7) is 10.9. The predicted octanol–water partition coefficient (Wildman–Crippen LogP) is 2.14. The minimum atomic E-state index is 0. The third kappa shape index (κ3) is 9.85. The quantitative estimate of drug-likeness (QED) is 0.449. The minimum absolute atomic E-state index is 0. The summed E-state index contributed by atoms with van der Waals surface area (Å²) >= 11 is 0. The molecule has 1 fully saturated rings. The van der Waals surface area contributed by atoms with E-state index >= 15 is 0 Å². The van der Waals surface area contributed by atoms with Crippen LogP contribution in [0.4, 0.5) is 0 Å². The second-order valence-electron chi connectivity index (χ2n) is 2.92. The topological polar surface area (TPSA) is 3.24 Å². The molecular weight excluding hydrogens is 419 g/mol. The van der Waals surface area contributed by atoms with Crippen molar-refractivity contribution < 1.29 is 53.8 Å². The van der Waals surface area contributed by atoms with E-state index in [1.54, 1.807) is 0 Å². The first-order chi connectivity index (χ1) is 5.83. The molecule has 0 N–H and O–H groups in total. The van der Waals surface area contributed by atoms with Crippen LogP contribution < -0.4 is 0 Å². The van der Waals surface area contributed by atoms with Gasteiger partial charge in [-0.05, 0) is 19.5 Å². The molecule has 1 atom stereocenters. The van der Waals surface area contributed by atoms with E-state index in [4.69, 9.17) is 6.42 Å². The first-order valence-electron chi connectivity index (χ1n) is 4.78. The third-order valence-electron chi connectivity index (χ3n) is 1.91. The second kappa shape index (κ2) is 14.3. The summed E-state index contributed by atoms with van der Waals surface area (Å²) in [5.41, 5.74) is 0. The number of piperidine rings is 1. The Morgan fingerprint density at radius 2 is 2.07 bits per heavy atom. The summed E-state index contributed by atoms with van der Waals surface area (Å²) in [7, 11) is 0. The molecule has 0 saturated carbocycles. The molecule has 1 saturated heterocycles. The summed E-state index contributed by atoms with van der Waals surface area (Å²) in [6.07, 6.45) is 9.27. The Hall–Kier alpha value is 1.31. The molecule has 0 aliphatic carbocycles. The molecule has 1 heterocycles. The van der Waals surface area contributed by atoms with Crippen LogP contribution in [0.5, 0.6) is 0 Å². The summed E-state index contributed by atoms with van der Waals surface area (Å²) in [5, 5.41) is 0. The van der Waals surface area contributed by atoms with Crippen LogP contribution in [0.1, 0.15) is 26.7 Å². The van der Waals surface area contributed by atoms with E-state index in [0.29, 0.717) is 12.5 Å². The van der Waals surface area contributed by atoms with Crippen molar-refractivity contribution in [2.45, 2.75) is 26.7 Å². The second-order valence-corrected chi connectivity index (χ2v) is 2.92. The zero-order valence-corrected chi connectivity index (χ0v) is 15.0. The van der Waals surface area contributed by atoms with Gasteiger partial charge in [-0.15, -0.1) is 0 Å². The van der Waals surface area contributed by atoms with Crippen LogP contribution in [-0.2, 0) is 53.8 Å². The molecule has 3 heteroatoms. The molecule has 1 radical (unpaired) electrons. The monoisotopic (exact) mass is 438 g/mol. The van der Waals surface area contributed by atoms with Gasteiger partial charge in [0.05, 0.1) is 0 Å². The average Bonchev–Trinajstić information content (AvgIpc) is 2.09. The van der Waals surface area contributed by atoms with E-state index in [1.165, 1.54) is 12.8 Å². The first kappa shape index (κ1) is 20.7. The van der Waals surface area contributed by atoms with Gasteiger partial charge in [-0.3, -0.25) is 4.90 Å². The Morgan fingerprint density at radius 1 is 1.50 bits per heavy atom. The van der Waals surface area contributed by atoms with Crippen molar-refractivity contribution in [2.75, 3.05) is 19.6 Å². The van der Waals surface area contributed by atoms with Gasteiger partial charge in [0.2, 0.25) is 0 Å². The number of hydrogen-bond acceptors (Lipinski definition) is 1. The molecule has 0 aromatic carbocycles. The smallest absolute Gasteiger partial charge is 0.0207 e. The molecular formula is C11H19NWY-2. The maximum absolute atomic E-state index is 6.79. The van der Waals surface area contributed by atoms with Crippen molar-refractivity contribution in [3.63, 3.8) is 0 Å². The molecule has 1 unspecified atom stereocenters. The molecule has 1 aliphatic heterocycles. The Labute approximate surface area is 129 Å². The van der Waals surface area contributed by atoms with Gasteiger partial charge < -0.3 is 19.3 Å². The molecule has 79 valence electrons. The molecule has 1 nitrogen and oxygen atoms in total. The van der Waals surface area contributed by atoms with Gasteiger partial charge in [-0.1, -0.05) is 20.3 Å². The zero-order valence-electron chi connectivity index (χ0n) is 9.25. The fraction of sp³-hybridized carbons (Fsp3) is 0.727. The van der Waals surface area contributed by atoms with Gasteiger partial charge in [0.1, 0.15) is 0 Å². The predicted molar refractivity (Wildman–Crippen MR) is 53.0 cm³/mol. The van der Waals surface area contributed by atoms with Crippen LogP contribution in [0.2, 0.25) is 0 Å². The molecule has 0 bridgehead atoms. The fourth-order valence-electron chi connectivity index (χ4n) is 1.41. The van der Waals surface area contributed by atoms with Crippen LogP contribution in [0, 0.1) is 25.2 Å². The molecule has 0 amide bonds. The molecule has 14 heavy (non-hydrogen) atoms. The number of hydrogen-bond donors (Lipinski definition) is 0. The van der Waals surface area contributed by atoms with Gasteiger partial charge in [0.25, 0.3) is 0 Å². The van der Waals surface area contributed by atoms with Crippen molar-refractivity contribution in [1.82, 2.24) is 4.90 Å². The van der Waals surface area contributed by atoms with E-state index in [2.05, 4.69) is 17.7 Å². The normalized spacial score (nSPS) is 20.3. The van der Waals surface area contributed by atoms with Crippen molar-refractivity contribution in [3.8, 4) is 5.92 Å². The Bertz CT molecular complexity index is 145. The van der Waals surface area contributed by atoms with Crippen molar-refractivity contribution in [1.29, 1.82) is 0 Å². The van der Waals surface area contributed by atoms with E-state index in [9.17, 15) is 0 Å². The van der Waals surface area contributed by atoms with Gasteiger partial charge in [-0.2, -0.15) is 5.92 Å². The average molecular weight is 438 g/mol. The van der Waals surface area contributed by atoms with Crippen LogP contribution in [0.25, 0.3) is 0 Å². The Morgan fingerprint density at radius 3 is 2.50 bits per heavy atom. The van der Waals surface area contributed by atoms with Crippen LogP contribution >= 0.6 is 0 Å². The molecule has 0 spiro atoms. The van der Waals surface area contributed by atoms with Gasteiger partial charge in [0, 0.05) is 60.3 Å². The number of nitrogens with zero attached hydrogens (tertiary/aromatic N) is 1. The molecule has 1 aliphatic rings. The maximum atomic E-state index is 6.79. The van der Waals surface area contributed by atoms with Crippen molar-refractivity contribution in [2.24, 2.45) is 5.92 Å². The molecule has 0 aromatic heterocycles. The van der Waals surface area contributed by atoms with Crippen LogP contribution in [0.15, 0.2) is 0 Å². The zero-order chi connectivity index (χ0) is 9.40. The van der Waals surface area contributed by atoms with Gasteiger partial charge >= 0.3 is 0 Å². The maximum Gasteiger partial charge on any atom is 0.0207 e.